The molecule has 0 radical (unpaired) electrons. The number of hydrogen-bond donors (Lipinski definition) is 3. The lowest BCUT2D eigenvalue weighted by Crippen LogP contribution is -2.58. The topological polar surface area (TPSA) is 78.4 Å². The lowest BCUT2D eigenvalue weighted by Gasteiger charge is -2.39. The highest BCUT2D eigenvalue weighted by molar-refractivity contribution is 5.82. The molecule has 0 saturated heterocycles. The fourth-order valence-electron chi connectivity index (χ4n) is 1.31. The van der Waals surface area contributed by atoms with E-state index in [2.05, 4.69) is 10.6 Å². The molecule has 18 heavy (non-hydrogen) atoms. The summed E-state index contributed by atoms with van der Waals surface area (Å²) >= 11 is 0. The predicted octanol–water partition coefficient (Wildman–Crippen LogP) is 1.24. The van der Waals surface area contributed by atoms with E-state index in [1.54, 1.807) is 27.7 Å². The van der Waals surface area contributed by atoms with Crippen LogP contribution < -0.4 is 10.6 Å². The zero-order chi connectivity index (χ0) is 14.6. The van der Waals surface area contributed by atoms with Crippen molar-refractivity contribution in [3.63, 3.8) is 0 Å². The van der Waals surface area contributed by atoms with Crippen LogP contribution in [0.25, 0.3) is 0 Å². The SMILES string of the molecule is CCNCC(C)C(=O)NC(C)(C)C(C)(C)C(=O)O. The molecule has 106 valence electrons. The summed E-state index contributed by atoms with van der Waals surface area (Å²) in [6.07, 6.45) is 0. The lowest BCUT2D eigenvalue weighted by molar-refractivity contribution is -0.152. The summed E-state index contributed by atoms with van der Waals surface area (Å²) in [6, 6.07) is 0. The fraction of sp³-hybridized carbons (Fsp3) is 0.846. The van der Waals surface area contributed by atoms with Gasteiger partial charge in [0.1, 0.15) is 0 Å². The van der Waals surface area contributed by atoms with Crippen molar-refractivity contribution in [2.24, 2.45) is 11.3 Å². The Kier molecular flexibility index (Phi) is 5.80. The van der Waals surface area contributed by atoms with Crippen molar-refractivity contribution >= 4 is 11.9 Å². The first-order chi connectivity index (χ1) is 8.06. The van der Waals surface area contributed by atoms with Gasteiger partial charge in [-0.2, -0.15) is 0 Å². The summed E-state index contributed by atoms with van der Waals surface area (Å²) in [5.41, 5.74) is -1.84. The van der Waals surface area contributed by atoms with Gasteiger partial charge in [0.05, 0.1) is 5.41 Å². The first-order valence-corrected chi connectivity index (χ1v) is 6.32. The normalized spacial score (nSPS) is 14.1. The average molecular weight is 258 g/mol. The van der Waals surface area contributed by atoms with Gasteiger partial charge in [-0.3, -0.25) is 9.59 Å². The Morgan fingerprint density at radius 3 is 2.11 bits per heavy atom. The third kappa shape index (κ3) is 3.98. The Hall–Kier alpha value is -1.10. The molecule has 0 heterocycles. The van der Waals surface area contributed by atoms with Gasteiger partial charge in [0.25, 0.3) is 0 Å². The van der Waals surface area contributed by atoms with Crippen LogP contribution in [0.5, 0.6) is 0 Å². The van der Waals surface area contributed by atoms with Gasteiger partial charge in [0.2, 0.25) is 5.91 Å². The zero-order valence-electron chi connectivity index (χ0n) is 12.3. The third-order valence-corrected chi connectivity index (χ3v) is 3.68. The van der Waals surface area contributed by atoms with E-state index in [1.807, 2.05) is 13.8 Å². The highest BCUT2D eigenvalue weighted by Crippen LogP contribution is 2.30. The Morgan fingerprint density at radius 2 is 1.72 bits per heavy atom. The minimum atomic E-state index is -1.03. The van der Waals surface area contributed by atoms with E-state index >= 15 is 0 Å². The summed E-state index contributed by atoms with van der Waals surface area (Å²) in [4.78, 5) is 23.2. The fourth-order valence-corrected chi connectivity index (χ4v) is 1.31. The van der Waals surface area contributed by atoms with Gasteiger partial charge >= 0.3 is 5.97 Å². The van der Waals surface area contributed by atoms with Crippen LogP contribution in [0.15, 0.2) is 0 Å². The van der Waals surface area contributed by atoms with Gasteiger partial charge in [0, 0.05) is 18.0 Å². The van der Waals surface area contributed by atoms with Gasteiger partial charge in [0.15, 0.2) is 0 Å². The van der Waals surface area contributed by atoms with E-state index in [1.165, 1.54) is 0 Å². The van der Waals surface area contributed by atoms with Crippen LogP contribution >= 0.6 is 0 Å². The number of nitrogens with one attached hydrogen (secondary N) is 2. The van der Waals surface area contributed by atoms with Gasteiger partial charge in [-0.1, -0.05) is 13.8 Å². The smallest absolute Gasteiger partial charge is 0.311 e. The molecule has 3 N–H and O–H groups in total. The standard InChI is InChI=1S/C13H26N2O3/c1-7-14-8-9(2)10(16)15-13(5,6)12(3,4)11(17)18/h9,14H,7-8H2,1-6H3,(H,15,16)(H,17,18). The second-order valence-corrected chi connectivity index (χ2v) is 5.75. The Morgan fingerprint density at radius 1 is 1.22 bits per heavy atom. The molecule has 0 aliphatic rings. The molecule has 0 rings (SSSR count). The van der Waals surface area contributed by atoms with Crippen molar-refractivity contribution in [3.8, 4) is 0 Å². The van der Waals surface area contributed by atoms with Crippen molar-refractivity contribution < 1.29 is 14.7 Å². The molecule has 0 saturated carbocycles. The van der Waals surface area contributed by atoms with Crippen LogP contribution in [0.3, 0.4) is 0 Å². The highest BCUT2D eigenvalue weighted by atomic mass is 16.4. The van der Waals surface area contributed by atoms with Crippen LogP contribution in [0.2, 0.25) is 0 Å². The van der Waals surface area contributed by atoms with Gasteiger partial charge < -0.3 is 15.7 Å². The van der Waals surface area contributed by atoms with E-state index in [0.717, 1.165) is 6.54 Å². The molecule has 0 spiro atoms. The summed E-state index contributed by atoms with van der Waals surface area (Å²) in [7, 11) is 0. The second-order valence-electron chi connectivity index (χ2n) is 5.75. The zero-order valence-corrected chi connectivity index (χ0v) is 12.3. The Balaban J connectivity index is 4.67. The maximum Gasteiger partial charge on any atom is 0.311 e. The van der Waals surface area contributed by atoms with E-state index in [9.17, 15) is 14.7 Å². The summed E-state index contributed by atoms with van der Waals surface area (Å²) in [6.45, 7) is 11.9. The van der Waals surface area contributed by atoms with E-state index in [-0.39, 0.29) is 11.8 Å². The first kappa shape index (κ1) is 16.9. The van der Waals surface area contributed by atoms with Crippen LogP contribution in [0, 0.1) is 11.3 Å². The first-order valence-electron chi connectivity index (χ1n) is 6.32. The third-order valence-electron chi connectivity index (χ3n) is 3.68. The van der Waals surface area contributed by atoms with Gasteiger partial charge in [-0.25, -0.2) is 0 Å². The maximum atomic E-state index is 12.0. The van der Waals surface area contributed by atoms with Gasteiger partial charge in [-0.15, -0.1) is 0 Å². The molecule has 5 nitrogen and oxygen atoms in total. The maximum absolute atomic E-state index is 12.0. The molecule has 0 aromatic carbocycles. The highest BCUT2D eigenvalue weighted by Gasteiger charge is 2.44. The number of hydrogen-bond acceptors (Lipinski definition) is 3. The van der Waals surface area contributed by atoms with E-state index < -0.39 is 16.9 Å². The molecule has 0 aromatic rings. The van der Waals surface area contributed by atoms with Crippen molar-refractivity contribution in [3.05, 3.63) is 0 Å². The number of aliphatic carboxylic acids is 1. The molecule has 1 atom stereocenters. The predicted molar refractivity (Wildman–Crippen MR) is 71.3 cm³/mol. The number of amides is 1. The van der Waals surface area contributed by atoms with Crippen molar-refractivity contribution in [2.75, 3.05) is 13.1 Å². The summed E-state index contributed by atoms with van der Waals surface area (Å²) in [5.74, 6) is -1.24. The number of carboxylic acids is 1. The molecule has 1 unspecified atom stereocenters. The number of carbonyl (C=O) groups excluding carboxylic acids is 1. The van der Waals surface area contributed by atoms with Crippen LogP contribution in [0.4, 0.5) is 0 Å². The summed E-state index contributed by atoms with van der Waals surface area (Å²) < 4.78 is 0. The molecule has 0 fully saturated rings. The average Bonchev–Trinajstić information content (AvgIpc) is 2.24. The molecule has 1 amide bonds. The summed E-state index contributed by atoms with van der Waals surface area (Å²) in [5, 5.41) is 15.1. The molecular weight excluding hydrogens is 232 g/mol. The lowest BCUT2D eigenvalue weighted by atomic mass is 9.74. The number of carboxylic acid groups (broad SMARTS) is 1. The van der Waals surface area contributed by atoms with E-state index in [0.29, 0.717) is 6.54 Å². The quantitative estimate of drug-likeness (QED) is 0.642. The number of carbonyl (C=O) groups is 2. The molecule has 0 aliphatic carbocycles. The van der Waals surface area contributed by atoms with Crippen molar-refractivity contribution in [1.82, 2.24) is 10.6 Å². The Bertz CT molecular complexity index is 311. The van der Waals surface area contributed by atoms with Crippen LogP contribution in [-0.4, -0.2) is 35.6 Å². The minimum Gasteiger partial charge on any atom is -0.481 e. The van der Waals surface area contributed by atoms with Crippen molar-refractivity contribution in [1.29, 1.82) is 0 Å². The Labute approximate surface area is 109 Å². The molecular formula is C13H26N2O3. The largest absolute Gasteiger partial charge is 0.481 e. The van der Waals surface area contributed by atoms with Gasteiger partial charge in [-0.05, 0) is 34.2 Å². The molecule has 0 bridgehead atoms. The monoisotopic (exact) mass is 258 g/mol. The van der Waals surface area contributed by atoms with Crippen LogP contribution in [-0.2, 0) is 9.59 Å². The molecule has 0 aromatic heterocycles. The minimum absolute atomic E-state index is 0.129. The van der Waals surface area contributed by atoms with Crippen LogP contribution in [0.1, 0.15) is 41.5 Å². The molecule has 5 heteroatoms. The second kappa shape index (κ2) is 6.18. The molecule has 0 aliphatic heterocycles. The van der Waals surface area contributed by atoms with Crippen molar-refractivity contribution in [2.45, 2.75) is 47.1 Å². The van der Waals surface area contributed by atoms with E-state index in [4.69, 9.17) is 0 Å². The number of rotatable bonds is 7.